The number of nitrogens with one attached hydrogen (secondary N) is 2. The first-order valence-corrected chi connectivity index (χ1v) is 11.0. The van der Waals surface area contributed by atoms with Crippen LogP contribution in [0.15, 0.2) is 66.3 Å². The fourth-order valence-corrected chi connectivity index (χ4v) is 4.62. The lowest BCUT2D eigenvalue weighted by molar-refractivity contribution is -0.114. The van der Waals surface area contributed by atoms with Crippen molar-refractivity contribution < 1.29 is 9.59 Å². The summed E-state index contributed by atoms with van der Waals surface area (Å²) in [4.78, 5) is 32.5. The zero-order chi connectivity index (χ0) is 23.8. The van der Waals surface area contributed by atoms with Crippen LogP contribution in [-0.4, -0.2) is 52.9 Å². The molecule has 4 heterocycles. The number of anilines is 2. The Morgan fingerprint density at radius 1 is 1.26 bits per heavy atom. The second-order valence-corrected chi connectivity index (χ2v) is 8.53. The Labute approximate surface area is 197 Å². The normalized spacial score (nSPS) is 16.9. The van der Waals surface area contributed by atoms with Gasteiger partial charge in [-0.25, -0.2) is 4.98 Å². The highest BCUT2D eigenvalue weighted by atomic mass is 16.1. The molecule has 1 unspecified atom stereocenters. The van der Waals surface area contributed by atoms with E-state index in [-0.39, 0.29) is 6.04 Å². The molecule has 2 aromatic heterocycles. The number of aromatic amines is 1. The summed E-state index contributed by atoms with van der Waals surface area (Å²) < 4.78 is 0. The fourth-order valence-electron chi connectivity index (χ4n) is 4.62. The van der Waals surface area contributed by atoms with Crippen molar-refractivity contribution in [2.24, 2.45) is 5.73 Å². The number of H-pyrrole nitrogens is 1. The van der Waals surface area contributed by atoms with E-state index >= 15 is 0 Å². The minimum atomic E-state index is -0.536. The molecule has 0 spiro atoms. The van der Waals surface area contributed by atoms with E-state index < -0.39 is 5.91 Å². The highest BCUT2D eigenvalue weighted by molar-refractivity contribution is 5.97. The number of benzene rings is 1. The third-order valence-electron chi connectivity index (χ3n) is 6.13. The Kier molecular flexibility index (Phi) is 5.37. The van der Waals surface area contributed by atoms with Gasteiger partial charge in [0.2, 0.25) is 0 Å². The van der Waals surface area contributed by atoms with Crippen LogP contribution in [0.2, 0.25) is 0 Å². The second kappa shape index (κ2) is 8.51. The number of amides is 1. The number of nitrogens with zero attached hydrogens (tertiary/aromatic N) is 4. The quantitative estimate of drug-likeness (QED) is 0.506. The molecule has 0 aliphatic carbocycles. The standard InChI is InChI=1S/C25H25N7O2/c1-31(2)25-19(23(26)34)7-5-9-32(25)24-17(14-33)10-15(12-27-24)21-11-16-13-28-30-22(16)18-6-3-4-8-20(18)29-21/h3-8,10,12-14,21,29H,9,11H2,1-2H3,(H2,26,34)(H,28,30). The minimum Gasteiger partial charge on any atom is -0.377 e. The van der Waals surface area contributed by atoms with Crippen molar-refractivity contribution in [1.82, 2.24) is 20.1 Å². The van der Waals surface area contributed by atoms with Crippen molar-refractivity contribution >= 4 is 23.7 Å². The second-order valence-electron chi connectivity index (χ2n) is 8.53. The summed E-state index contributed by atoms with van der Waals surface area (Å²) in [5, 5.41) is 11.0. The maximum Gasteiger partial charge on any atom is 0.252 e. The van der Waals surface area contributed by atoms with Gasteiger partial charge in [-0.2, -0.15) is 5.10 Å². The average molecular weight is 456 g/mol. The van der Waals surface area contributed by atoms with E-state index in [1.54, 1.807) is 17.2 Å². The van der Waals surface area contributed by atoms with Crippen LogP contribution in [0.1, 0.15) is 27.5 Å². The maximum absolute atomic E-state index is 12.2. The van der Waals surface area contributed by atoms with E-state index in [4.69, 9.17) is 5.73 Å². The molecule has 172 valence electrons. The van der Waals surface area contributed by atoms with Crippen LogP contribution in [0.4, 0.5) is 11.5 Å². The van der Waals surface area contributed by atoms with Gasteiger partial charge in [-0.05, 0) is 23.8 Å². The predicted molar refractivity (Wildman–Crippen MR) is 130 cm³/mol. The number of nitrogens with two attached hydrogens (primary N) is 1. The number of pyridine rings is 1. The summed E-state index contributed by atoms with van der Waals surface area (Å²) in [5.41, 5.74) is 11.4. The summed E-state index contributed by atoms with van der Waals surface area (Å²) in [6, 6.07) is 9.81. The molecule has 0 saturated carbocycles. The number of primary amides is 1. The molecule has 0 fully saturated rings. The van der Waals surface area contributed by atoms with Crippen LogP contribution in [0.25, 0.3) is 11.3 Å². The van der Waals surface area contributed by atoms with Crippen LogP contribution in [0.3, 0.4) is 0 Å². The molecule has 34 heavy (non-hydrogen) atoms. The maximum atomic E-state index is 12.2. The Balaban J connectivity index is 1.55. The van der Waals surface area contributed by atoms with Crippen molar-refractivity contribution in [3.8, 4) is 11.3 Å². The number of fused-ring (bicyclic) bond motifs is 3. The van der Waals surface area contributed by atoms with Gasteiger partial charge in [-0.15, -0.1) is 0 Å². The molecule has 1 amide bonds. The molecule has 2 aliphatic rings. The lowest BCUT2D eigenvalue weighted by Gasteiger charge is -2.34. The smallest absolute Gasteiger partial charge is 0.252 e. The lowest BCUT2D eigenvalue weighted by Crippen LogP contribution is -2.38. The van der Waals surface area contributed by atoms with Gasteiger partial charge in [0.15, 0.2) is 6.29 Å². The number of hydrogen-bond donors (Lipinski definition) is 3. The van der Waals surface area contributed by atoms with Gasteiger partial charge in [-0.1, -0.05) is 24.3 Å². The van der Waals surface area contributed by atoms with Gasteiger partial charge in [0.1, 0.15) is 11.6 Å². The fraction of sp³-hybridized carbons (Fsp3) is 0.200. The van der Waals surface area contributed by atoms with E-state index in [0.717, 1.165) is 34.4 Å². The third kappa shape index (κ3) is 3.61. The van der Waals surface area contributed by atoms with Gasteiger partial charge in [0.25, 0.3) is 5.91 Å². The number of rotatable bonds is 5. The molecular weight excluding hydrogens is 430 g/mol. The molecule has 9 nitrogen and oxygen atoms in total. The van der Waals surface area contributed by atoms with Crippen molar-refractivity contribution in [2.45, 2.75) is 12.5 Å². The number of carbonyl (C=O) groups is 2. The summed E-state index contributed by atoms with van der Waals surface area (Å²) in [7, 11) is 3.66. The van der Waals surface area contributed by atoms with E-state index in [9.17, 15) is 9.59 Å². The summed E-state index contributed by atoms with van der Waals surface area (Å²) in [5.74, 6) is 0.539. The van der Waals surface area contributed by atoms with Crippen LogP contribution >= 0.6 is 0 Å². The van der Waals surface area contributed by atoms with E-state index in [2.05, 4.69) is 26.6 Å². The van der Waals surface area contributed by atoms with E-state index in [1.165, 1.54) is 0 Å². The van der Waals surface area contributed by atoms with Crippen LogP contribution < -0.4 is 16.0 Å². The molecule has 4 N–H and O–H groups in total. The first kappa shape index (κ1) is 21.4. The molecule has 5 rings (SSSR count). The largest absolute Gasteiger partial charge is 0.377 e. The molecule has 0 saturated heterocycles. The highest BCUT2D eigenvalue weighted by Gasteiger charge is 2.28. The Morgan fingerprint density at radius 2 is 2.09 bits per heavy atom. The van der Waals surface area contributed by atoms with Gasteiger partial charge >= 0.3 is 0 Å². The highest BCUT2D eigenvalue weighted by Crippen LogP contribution is 2.38. The Bertz CT molecular complexity index is 1340. The first-order chi connectivity index (χ1) is 16.5. The van der Waals surface area contributed by atoms with Crippen molar-refractivity contribution in [2.75, 3.05) is 30.9 Å². The molecule has 0 radical (unpaired) electrons. The van der Waals surface area contributed by atoms with Crippen LogP contribution in [-0.2, 0) is 11.2 Å². The lowest BCUT2D eigenvalue weighted by atomic mass is 9.99. The van der Waals surface area contributed by atoms with Gasteiger partial charge in [-0.3, -0.25) is 14.7 Å². The predicted octanol–water partition coefficient (Wildman–Crippen LogP) is 2.63. The summed E-state index contributed by atoms with van der Waals surface area (Å²) >= 11 is 0. The Morgan fingerprint density at radius 3 is 2.85 bits per heavy atom. The SMILES string of the molecule is CN(C)C1=C(C(N)=O)C=CCN1c1ncc(C2Cc3cn[nH]c3-c3ccccc3N2)cc1C=O. The zero-order valence-electron chi connectivity index (χ0n) is 18.9. The summed E-state index contributed by atoms with van der Waals surface area (Å²) in [6.45, 7) is 0.463. The van der Waals surface area contributed by atoms with Crippen LogP contribution in [0.5, 0.6) is 0 Å². The minimum absolute atomic E-state index is 0.105. The molecule has 3 aromatic rings. The van der Waals surface area contributed by atoms with Gasteiger partial charge in [0.05, 0.1) is 29.1 Å². The van der Waals surface area contributed by atoms with E-state index in [1.807, 2.05) is 55.5 Å². The van der Waals surface area contributed by atoms with Crippen LogP contribution in [0, 0.1) is 0 Å². The van der Waals surface area contributed by atoms with Gasteiger partial charge < -0.3 is 20.9 Å². The van der Waals surface area contributed by atoms with Crippen molar-refractivity contribution in [3.05, 3.63) is 83.0 Å². The molecule has 9 heteroatoms. The topological polar surface area (TPSA) is 120 Å². The Hall–Kier alpha value is -4.40. The molecule has 1 aromatic carbocycles. The number of hydrogen-bond acceptors (Lipinski definition) is 7. The number of carbonyl (C=O) groups excluding carboxylic acids is 2. The number of para-hydroxylation sites is 1. The van der Waals surface area contributed by atoms with Crippen molar-refractivity contribution in [1.29, 1.82) is 0 Å². The first-order valence-electron chi connectivity index (χ1n) is 11.0. The van der Waals surface area contributed by atoms with Gasteiger partial charge in [0, 0.05) is 50.1 Å². The monoisotopic (exact) mass is 455 g/mol. The van der Waals surface area contributed by atoms with Crippen molar-refractivity contribution in [3.63, 3.8) is 0 Å². The average Bonchev–Trinajstić information content (AvgIpc) is 3.24. The zero-order valence-corrected chi connectivity index (χ0v) is 18.9. The number of aromatic nitrogens is 3. The molecule has 0 bridgehead atoms. The molecule has 2 aliphatic heterocycles. The number of aldehydes is 1. The summed E-state index contributed by atoms with van der Waals surface area (Å²) in [6.07, 6.45) is 8.65. The molecule has 1 atom stereocenters. The molecular formula is C25H25N7O2. The van der Waals surface area contributed by atoms with E-state index in [0.29, 0.717) is 35.7 Å². The third-order valence-corrected chi connectivity index (χ3v) is 6.13.